The van der Waals surface area contributed by atoms with Gasteiger partial charge >= 0.3 is 0 Å². The van der Waals surface area contributed by atoms with Gasteiger partial charge in [-0.15, -0.1) is 0 Å². The maximum absolute atomic E-state index is 14.2. The Hall–Kier alpha value is -3.67. The molecule has 168 valence electrons. The summed E-state index contributed by atoms with van der Waals surface area (Å²) >= 11 is 0. The van der Waals surface area contributed by atoms with Crippen LogP contribution in [0.5, 0.6) is 11.5 Å². The first kappa shape index (κ1) is 20.0. The largest absolute Gasteiger partial charge is 0.496 e. The average molecular weight is 443 g/mol. The number of ether oxygens (including phenoxy) is 2. The number of nitrogens with zero attached hydrogens (tertiary/aromatic N) is 2. The van der Waals surface area contributed by atoms with Gasteiger partial charge in [0.2, 0.25) is 5.43 Å². The minimum Gasteiger partial charge on any atom is -0.496 e. The Labute approximate surface area is 190 Å². The summed E-state index contributed by atoms with van der Waals surface area (Å²) < 4.78 is 20.3. The van der Waals surface area contributed by atoms with Crippen molar-refractivity contribution in [3.63, 3.8) is 0 Å². The van der Waals surface area contributed by atoms with Gasteiger partial charge in [-0.1, -0.05) is 24.3 Å². The molecule has 0 saturated carbocycles. The third-order valence-corrected chi connectivity index (χ3v) is 6.98. The Balaban J connectivity index is 1.93. The minimum absolute atomic E-state index is 0.0857. The molecule has 0 amide bonds. The Morgan fingerprint density at radius 2 is 1.67 bits per heavy atom. The molecule has 33 heavy (non-hydrogen) atoms. The van der Waals surface area contributed by atoms with E-state index in [9.17, 15) is 4.79 Å². The highest BCUT2D eigenvalue weighted by Crippen LogP contribution is 2.47. The first-order valence-electron chi connectivity index (χ1n) is 11.4. The van der Waals surface area contributed by atoms with Crippen LogP contribution in [0.2, 0.25) is 0 Å². The zero-order chi connectivity index (χ0) is 22.7. The number of piperidine rings is 1. The van der Waals surface area contributed by atoms with E-state index in [-0.39, 0.29) is 5.43 Å². The summed E-state index contributed by atoms with van der Waals surface area (Å²) in [6.45, 7) is 1.76. The van der Waals surface area contributed by atoms with E-state index in [4.69, 9.17) is 13.9 Å². The SMILES string of the molecule is COc1cccc2oc3c(c(N4CCCCC4)c(OC)c4c3c3ccccc3n4C)c(=O)c12. The standard InChI is InChI=1S/C27H26N2O4/c1-28-17-11-6-5-10-16(17)20-23(28)27(32-3)24(29-14-7-4-8-15-29)22-25(30)21-18(31-2)12-9-13-19(21)33-26(20)22/h5-6,9-13H,4,7-8,14-15H2,1-3H3. The minimum atomic E-state index is -0.0857. The normalized spacial score (nSPS) is 14.6. The van der Waals surface area contributed by atoms with Crippen molar-refractivity contribution in [3.05, 3.63) is 52.7 Å². The molecule has 0 atom stereocenters. The van der Waals surface area contributed by atoms with Crippen LogP contribution in [0.4, 0.5) is 5.69 Å². The summed E-state index contributed by atoms with van der Waals surface area (Å²) in [5.41, 5.74) is 3.88. The van der Waals surface area contributed by atoms with Crippen molar-refractivity contribution >= 4 is 49.4 Å². The zero-order valence-electron chi connectivity index (χ0n) is 19.1. The number of aromatic nitrogens is 1. The molecule has 6 heteroatoms. The fraction of sp³-hybridized carbons (Fsp3) is 0.296. The molecule has 0 spiro atoms. The van der Waals surface area contributed by atoms with Crippen LogP contribution in [-0.2, 0) is 7.05 Å². The third kappa shape index (κ3) is 2.70. The lowest BCUT2D eigenvalue weighted by atomic mass is 10.0. The molecular formula is C27H26N2O4. The number of hydrogen-bond donors (Lipinski definition) is 0. The van der Waals surface area contributed by atoms with Crippen molar-refractivity contribution in [3.8, 4) is 11.5 Å². The van der Waals surface area contributed by atoms with Crippen LogP contribution in [0.3, 0.4) is 0 Å². The highest BCUT2D eigenvalue weighted by molar-refractivity contribution is 6.25. The molecule has 0 radical (unpaired) electrons. The van der Waals surface area contributed by atoms with Crippen LogP contribution < -0.4 is 19.8 Å². The molecule has 3 aromatic carbocycles. The summed E-state index contributed by atoms with van der Waals surface area (Å²) in [5.74, 6) is 1.24. The van der Waals surface area contributed by atoms with Crippen molar-refractivity contribution in [2.45, 2.75) is 19.3 Å². The first-order valence-corrected chi connectivity index (χ1v) is 11.4. The lowest BCUT2D eigenvalue weighted by molar-refractivity contribution is 0.416. The van der Waals surface area contributed by atoms with Crippen LogP contribution in [0.25, 0.3) is 43.7 Å². The van der Waals surface area contributed by atoms with E-state index >= 15 is 0 Å². The molecule has 1 aliphatic heterocycles. The Bertz CT molecular complexity index is 1610. The molecule has 6 nitrogen and oxygen atoms in total. The van der Waals surface area contributed by atoms with Gasteiger partial charge in [-0.05, 0) is 37.5 Å². The number of para-hydroxylation sites is 1. The number of methoxy groups -OCH3 is 2. The van der Waals surface area contributed by atoms with Gasteiger partial charge in [0.15, 0.2) is 11.3 Å². The summed E-state index contributed by atoms with van der Waals surface area (Å²) in [6, 6.07) is 13.7. The maximum Gasteiger partial charge on any atom is 0.206 e. The summed E-state index contributed by atoms with van der Waals surface area (Å²) in [5, 5.41) is 2.97. The van der Waals surface area contributed by atoms with Crippen LogP contribution in [0.1, 0.15) is 19.3 Å². The van der Waals surface area contributed by atoms with E-state index in [0.717, 1.165) is 59.2 Å². The van der Waals surface area contributed by atoms with Crippen LogP contribution in [-0.4, -0.2) is 31.9 Å². The van der Waals surface area contributed by atoms with Gasteiger partial charge in [0.1, 0.15) is 16.7 Å². The van der Waals surface area contributed by atoms with Crippen LogP contribution in [0, 0.1) is 0 Å². The molecule has 0 aliphatic carbocycles. The van der Waals surface area contributed by atoms with Gasteiger partial charge < -0.3 is 23.4 Å². The van der Waals surface area contributed by atoms with E-state index in [2.05, 4.69) is 21.6 Å². The molecule has 6 rings (SSSR count). The molecule has 0 N–H and O–H groups in total. The van der Waals surface area contributed by atoms with E-state index in [1.807, 2.05) is 31.3 Å². The van der Waals surface area contributed by atoms with E-state index in [1.165, 1.54) is 6.42 Å². The highest BCUT2D eigenvalue weighted by atomic mass is 16.5. The Kier molecular flexibility index (Phi) is 4.50. The van der Waals surface area contributed by atoms with Crippen molar-refractivity contribution in [2.75, 3.05) is 32.2 Å². The molecule has 1 saturated heterocycles. The van der Waals surface area contributed by atoms with Crippen molar-refractivity contribution in [1.29, 1.82) is 0 Å². The average Bonchev–Trinajstić information content (AvgIpc) is 3.16. The van der Waals surface area contributed by atoms with Crippen molar-refractivity contribution in [1.82, 2.24) is 4.57 Å². The number of fused-ring (bicyclic) bond motifs is 6. The third-order valence-electron chi connectivity index (χ3n) is 6.98. The second-order valence-electron chi connectivity index (χ2n) is 8.70. The van der Waals surface area contributed by atoms with Gasteiger partial charge in [-0.3, -0.25) is 4.79 Å². The smallest absolute Gasteiger partial charge is 0.206 e. The molecule has 1 fully saturated rings. The molecule has 2 aromatic heterocycles. The first-order chi connectivity index (χ1) is 16.2. The number of benzene rings is 3. The number of anilines is 1. The predicted molar refractivity (Wildman–Crippen MR) is 133 cm³/mol. The fourth-order valence-corrected chi connectivity index (χ4v) is 5.50. The number of aryl methyl sites for hydroxylation is 1. The molecule has 1 aliphatic rings. The summed E-state index contributed by atoms with van der Waals surface area (Å²) in [6.07, 6.45) is 3.36. The predicted octanol–water partition coefficient (Wildman–Crippen LogP) is 5.60. The van der Waals surface area contributed by atoms with E-state index < -0.39 is 0 Å². The lowest BCUT2D eigenvalue weighted by Gasteiger charge is -2.31. The van der Waals surface area contributed by atoms with E-state index in [1.54, 1.807) is 20.3 Å². The molecular weight excluding hydrogens is 416 g/mol. The second kappa shape index (κ2) is 7.44. The Morgan fingerprint density at radius 3 is 2.42 bits per heavy atom. The zero-order valence-corrected chi connectivity index (χ0v) is 19.1. The number of rotatable bonds is 3. The Morgan fingerprint density at radius 1 is 0.879 bits per heavy atom. The molecule has 3 heterocycles. The monoisotopic (exact) mass is 442 g/mol. The number of hydrogen-bond acceptors (Lipinski definition) is 5. The van der Waals surface area contributed by atoms with Crippen LogP contribution >= 0.6 is 0 Å². The van der Waals surface area contributed by atoms with Crippen molar-refractivity contribution in [2.24, 2.45) is 7.05 Å². The molecule has 0 unspecified atom stereocenters. The fourth-order valence-electron chi connectivity index (χ4n) is 5.50. The van der Waals surface area contributed by atoms with E-state index in [0.29, 0.717) is 27.7 Å². The molecule has 0 bridgehead atoms. The van der Waals surface area contributed by atoms with Gasteiger partial charge in [0.05, 0.1) is 36.2 Å². The quantitative estimate of drug-likeness (QED) is 0.341. The van der Waals surface area contributed by atoms with Gasteiger partial charge in [-0.25, -0.2) is 0 Å². The maximum atomic E-state index is 14.2. The van der Waals surface area contributed by atoms with Gasteiger partial charge in [0.25, 0.3) is 0 Å². The highest BCUT2D eigenvalue weighted by Gasteiger charge is 2.29. The second-order valence-corrected chi connectivity index (χ2v) is 8.70. The van der Waals surface area contributed by atoms with Crippen LogP contribution in [0.15, 0.2) is 51.7 Å². The van der Waals surface area contributed by atoms with Gasteiger partial charge in [0, 0.05) is 31.0 Å². The summed E-state index contributed by atoms with van der Waals surface area (Å²) in [7, 11) is 5.31. The summed E-state index contributed by atoms with van der Waals surface area (Å²) in [4.78, 5) is 16.4. The molecule has 5 aromatic rings. The van der Waals surface area contributed by atoms with Gasteiger partial charge in [-0.2, -0.15) is 0 Å². The van der Waals surface area contributed by atoms with Crippen molar-refractivity contribution < 1.29 is 13.9 Å². The topological polar surface area (TPSA) is 56.8 Å². The lowest BCUT2D eigenvalue weighted by Crippen LogP contribution is -2.31.